The van der Waals surface area contributed by atoms with Crippen LogP contribution in [0.15, 0.2) is 42.5 Å². The Morgan fingerprint density at radius 1 is 1.11 bits per heavy atom. The molecule has 148 valence electrons. The van der Waals surface area contributed by atoms with Crippen LogP contribution >= 0.6 is 23.2 Å². The SMILES string of the molecule is CC(CNC(=O)C[NH][AlH2])OC(=O)Cc1ccccc1Nc1c(Cl)cccc1Cl. The lowest BCUT2D eigenvalue weighted by molar-refractivity contribution is -0.147. The largest absolute Gasteiger partial charge is 0.461 e. The molecular weight excluding hydrogens is 416 g/mol. The fourth-order valence-corrected chi connectivity index (χ4v) is 3.31. The number of amides is 1. The molecule has 0 spiro atoms. The summed E-state index contributed by atoms with van der Waals surface area (Å²) in [6.07, 6.45) is -0.352. The van der Waals surface area contributed by atoms with Crippen molar-refractivity contribution in [3.63, 3.8) is 0 Å². The molecule has 1 atom stereocenters. The average Bonchev–Trinajstić information content (AvgIpc) is 2.64. The molecule has 2 aromatic rings. The predicted molar refractivity (Wildman–Crippen MR) is 115 cm³/mol. The predicted octanol–water partition coefficient (Wildman–Crippen LogP) is 2.47. The lowest BCUT2D eigenvalue weighted by Gasteiger charge is -2.16. The first-order valence-electron chi connectivity index (χ1n) is 8.80. The smallest absolute Gasteiger partial charge is 0.319 e. The van der Waals surface area contributed by atoms with E-state index in [-0.39, 0.29) is 31.4 Å². The molecule has 0 aromatic heterocycles. The minimum atomic E-state index is -0.427. The molecule has 1 amide bonds. The maximum atomic E-state index is 12.3. The highest BCUT2D eigenvalue weighted by molar-refractivity contribution is 6.39. The lowest BCUT2D eigenvalue weighted by Crippen LogP contribution is -2.38. The van der Waals surface area contributed by atoms with Crippen LogP contribution in [-0.4, -0.2) is 47.6 Å². The molecule has 9 heteroatoms. The third-order valence-electron chi connectivity index (χ3n) is 3.83. The van der Waals surface area contributed by atoms with Crippen LogP contribution in [0.25, 0.3) is 0 Å². The Morgan fingerprint density at radius 3 is 2.46 bits per heavy atom. The van der Waals surface area contributed by atoms with Crippen molar-refractivity contribution in [2.75, 3.05) is 18.4 Å². The van der Waals surface area contributed by atoms with Gasteiger partial charge in [0, 0.05) is 5.69 Å². The monoisotopic (exact) mass is 437 g/mol. The molecule has 0 saturated heterocycles. The molecule has 3 N–H and O–H groups in total. The van der Waals surface area contributed by atoms with Crippen LogP contribution in [-0.2, 0) is 20.7 Å². The maximum Gasteiger partial charge on any atom is 0.319 e. The van der Waals surface area contributed by atoms with E-state index in [1.165, 1.54) is 0 Å². The zero-order chi connectivity index (χ0) is 20.5. The number of hydrogen-bond acceptors (Lipinski definition) is 5. The molecule has 0 aliphatic heterocycles. The number of carbonyl (C=O) groups is 2. The van der Waals surface area contributed by atoms with Gasteiger partial charge in [0.2, 0.25) is 5.91 Å². The van der Waals surface area contributed by atoms with Gasteiger partial charge < -0.3 is 19.7 Å². The number of esters is 1. The van der Waals surface area contributed by atoms with Crippen LogP contribution < -0.4 is 14.9 Å². The number of benzene rings is 2. The summed E-state index contributed by atoms with van der Waals surface area (Å²) in [4.78, 5) is 23.8. The highest BCUT2D eigenvalue weighted by atomic mass is 35.5. The Balaban J connectivity index is 1.99. The summed E-state index contributed by atoms with van der Waals surface area (Å²) in [5, 5.41) is 6.87. The summed E-state index contributed by atoms with van der Waals surface area (Å²) in [7, 11) is 0. The van der Waals surface area contributed by atoms with E-state index >= 15 is 0 Å². The highest BCUT2D eigenvalue weighted by Crippen LogP contribution is 2.33. The Morgan fingerprint density at radius 2 is 1.79 bits per heavy atom. The standard InChI is InChI=1S/C19H20Cl2N3O3.Al.2H/c1-12(11-23-17(25)10-22)27-18(26)9-13-5-2-3-8-16(13)24-19-14(20)6-4-7-15(19)21;;;/h2-8,12,22,24H,9-11H2,1H3,(H,23,25);;;/q-1;+1;;. The van der Waals surface area contributed by atoms with E-state index < -0.39 is 6.10 Å². The Kier molecular flexibility index (Phi) is 9.10. The van der Waals surface area contributed by atoms with Crippen molar-refractivity contribution in [3.8, 4) is 0 Å². The summed E-state index contributed by atoms with van der Waals surface area (Å²) in [5.74, 6) is -0.508. The van der Waals surface area contributed by atoms with E-state index in [0.717, 1.165) is 22.1 Å². The van der Waals surface area contributed by atoms with Gasteiger partial charge in [-0.05, 0) is 30.7 Å². The van der Waals surface area contributed by atoms with Crippen molar-refractivity contribution in [2.45, 2.75) is 19.4 Å². The molecule has 0 aliphatic rings. The van der Waals surface area contributed by atoms with Crippen LogP contribution in [0.4, 0.5) is 11.4 Å². The Hall–Kier alpha value is -1.75. The molecule has 0 bridgehead atoms. The number of para-hydroxylation sites is 2. The normalized spacial score (nSPS) is 11.5. The van der Waals surface area contributed by atoms with E-state index in [0.29, 0.717) is 21.4 Å². The zero-order valence-corrected chi connectivity index (χ0v) is 19.2. The van der Waals surface area contributed by atoms with Gasteiger partial charge in [0.25, 0.3) is 0 Å². The highest BCUT2D eigenvalue weighted by Gasteiger charge is 2.15. The van der Waals surface area contributed by atoms with E-state index in [2.05, 4.69) is 14.9 Å². The number of ether oxygens (including phenoxy) is 1. The number of rotatable bonds is 9. The first-order chi connectivity index (χ1) is 13.4. The second kappa shape index (κ2) is 11.3. The first-order valence-corrected chi connectivity index (χ1v) is 10.6. The first kappa shape index (κ1) is 22.5. The second-order valence-electron chi connectivity index (χ2n) is 6.19. The summed E-state index contributed by atoms with van der Waals surface area (Å²) in [6, 6.07) is 12.6. The average molecular weight is 438 g/mol. The van der Waals surface area contributed by atoms with Gasteiger partial charge in [-0.25, -0.2) is 0 Å². The van der Waals surface area contributed by atoms with E-state index in [9.17, 15) is 9.59 Å². The molecule has 0 aliphatic carbocycles. The zero-order valence-electron chi connectivity index (χ0n) is 15.7. The molecule has 0 fully saturated rings. The number of halogens is 2. The van der Waals surface area contributed by atoms with Crippen LogP contribution in [0.5, 0.6) is 0 Å². The minimum Gasteiger partial charge on any atom is -0.461 e. The molecule has 0 saturated carbocycles. The van der Waals surface area contributed by atoms with Crippen LogP contribution in [0, 0.1) is 0 Å². The molecule has 0 heterocycles. The van der Waals surface area contributed by atoms with Crippen LogP contribution in [0.2, 0.25) is 10.0 Å². The summed E-state index contributed by atoms with van der Waals surface area (Å²) < 4.78 is 8.28. The molecule has 2 rings (SSSR count). The van der Waals surface area contributed by atoms with Crippen molar-refractivity contribution >= 4 is 63.0 Å². The maximum absolute atomic E-state index is 12.3. The molecule has 1 unspecified atom stereocenters. The van der Waals surface area contributed by atoms with Crippen molar-refractivity contribution in [1.29, 1.82) is 0 Å². The molecule has 0 radical (unpaired) electrons. The second-order valence-corrected chi connectivity index (χ2v) is 7.71. The van der Waals surface area contributed by atoms with Gasteiger partial charge in [-0.15, -0.1) is 0 Å². The van der Waals surface area contributed by atoms with Crippen molar-refractivity contribution in [3.05, 3.63) is 58.1 Å². The molecular formula is C19H22AlCl2N3O3. The quantitative estimate of drug-likeness (QED) is 0.414. The number of anilines is 2. The Bertz CT molecular complexity index is 816. The van der Waals surface area contributed by atoms with Crippen molar-refractivity contribution < 1.29 is 14.3 Å². The van der Waals surface area contributed by atoms with Gasteiger partial charge in [0.05, 0.1) is 35.2 Å². The van der Waals surface area contributed by atoms with E-state index in [1.807, 2.05) is 24.3 Å². The van der Waals surface area contributed by atoms with Gasteiger partial charge in [-0.2, -0.15) is 0 Å². The van der Waals surface area contributed by atoms with Gasteiger partial charge in [-0.1, -0.05) is 47.5 Å². The fourth-order valence-electron chi connectivity index (χ4n) is 2.49. The van der Waals surface area contributed by atoms with Crippen molar-refractivity contribution in [2.24, 2.45) is 0 Å². The number of nitrogens with one attached hydrogen (secondary N) is 3. The Labute approximate surface area is 182 Å². The van der Waals surface area contributed by atoms with E-state index in [1.54, 1.807) is 25.1 Å². The van der Waals surface area contributed by atoms with Gasteiger partial charge in [0.15, 0.2) is 0 Å². The van der Waals surface area contributed by atoms with Crippen LogP contribution in [0.1, 0.15) is 12.5 Å². The van der Waals surface area contributed by atoms with Gasteiger partial charge in [0.1, 0.15) is 6.10 Å². The third-order valence-corrected chi connectivity index (χ3v) is 4.81. The molecule has 2 aromatic carbocycles. The third kappa shape index (κ3) is 7.01. The van der Waals surface area contributed by atoms with Crippen molar-refractivity contribution in [1.82, 2.24) is 9.62 Å². The van der Waals surface area contributed by atoms with Gasteiger partial charge >= 0.3 is 22.5 Å². The topological polar surface area (TPSA) is 79.5 Å². The van der Waals surface area contributed by atoms with Gasteiger partial charge in [-0.3, -0.25) is 9.59 Å². The van der Waals surface area contributed by atoms with E-state index in [4.69, 9.17) is 27.9 Å². The fraction of sp³-hybridized carbons (Fsp3) is 0.263. The summed E-state index contributed by atoms with van der Waals surface area (Å²) >= 11 is 13.2. The molecule has 6 nitrogen and oxygen atoms in total. The summed E-state index contributed by atoms with van der Waals surface area (Å²) in [6.45, 7) is 2.28. The number of hydrogen-bond donors (Lipinski definition) is 3. The summed E-state index contributed by atoms with van der Waals surface area (Å²) in [5.41, 5.74) is 2.05. The lowest BCUT2D eigenvalue weighted by atomic mass is 10.1. The molecule has 28 heavy (non-hydrogen) atoms. The van der Waals surface area contributed by atoms with Crippen LogP contribution in [0.3, 0.4) is 0 Å². The minimum absolute atomic E-state index is 0.0750. The number of carbonyl (C=O) groups excluding carboxylic acids is 2.